The molecule has 1 unspecified atom stereocenters. The summed E-state index contributed by atoms with van der Waals surface area (Å²) in [5.74, 6) is -0.840. The smallest absolute Gasteiger partial charge is 0.240 e. The largest absolute Gasteiger partial charge is 0.369 e. The van der Waals surface area contributed by atoms with Gasteiger partial charge in [-0.2, -0.15) is 0 Å². The number of nitrogens with two attached hydrogens (primary N) is 1. The van der Waals surface area contributed by atoms with Crippen molar-refractivity contribution in [2.45, 2.75) is 5.92 Å². The number of benzene rings is 1. The Morgan fingerprint density at radius 2 is 2.11 bits per heavy atom. The maximum absolute atomic E-state index is 11.9. The van der Waals surface area contributed by atoms with Crippen molar-refractivity contribution in [3.63, 3.8) is 0 Å². The number of amides is 2. The van der Waals surface area contributed by atoms with Crippen molar-refractivity contribution in [1.29, 1.82) is 0 Å². The fourth-order valence-electron chi connectivity index (χ4n) is 2.13. The molecule has 0 fully saturated rings. The number of rotatable bonds is 3. The van der Waals surface area contributed by atoms with Crippen LogP contribution in [-0.4, -0.2) is 32.0 Å². The zero-order valence-corrected chi connectivity index (χ0v) is 10.9. The second-order valence-corrected chi connectivity index (χ2v) is 4.05. The Morgan fingerprint density at radius 1 is 1.44 bits per heavy atom. The zero-order valence-electron chi connectivity index (χ0n) is 10.1. The molecule has 2 rings (SSSR count). The summed E-state index contributed by atoms with van der Waals surface area (Å²) in [6.07, 6.45) is 0. The van der Waals surface area contributed by atoms with Crippen molar-refractivity contribution in [2.24, 2.45) is 5.73 Å². The lowest BCUT2D eigenvalue weighted by molar-refractivity contribution is -0.119. The van der Waals surface area contributed by atoms with Gasteiger partial charge in [-0.1, -0.05) is 18.2 Å². The summed E-state index contributed by atoms with van der Waals surface area (Å²) in [5.41, 5.74) is 6.98. The number of para-hydroxylation sites is 1. The lowest BCUT2D eigenvalue weighted by Gasteiger charge is -2.17. The van der Waals surface area contributed by atoms with Gasteiger partial charge in [-0.05, 0) is 18.7 Å². The van der Waals surface area contributed by atoms with Crippen LogP contribution in [0.2, 0.25) is 0 Å². The van der Waals surface area contributed by atoms with Crippen molar-refractivity contribution in [3.05, 3.63) is 29.8 Å². The number of nitrogens with one attached hydrogen (secondary N) is 1. The highest BCUT2D eigenvalue weighted by Crippen LogP contribution is 2.35. The second-order valence-electron chi connectivity index (χ2n) is 4.05. The molecule has 0 aromatic heterocycles. The van der Waals surface area contributed by atoms with E-state index < -0.39 is 11.8 Å². The fraction of sp³-hybridized carbons (Fsp3) is 0.333. The quantitative estimate of drug-likeness (QED) is 0.826. The molecule has 1 heterocycles. The van der Waals surface area contributed by atoms with E-state index in [4.69, 9.17) is 5.73 Å². The predicted molar refractivity (Wildman–Crippen MR) is 71.9 cm³/mol. The summed E-state index contributed by atoms with van der Waals surface area (Å²) in [4.78, 5) is 24.9. The minimum atomic E-state index is -0.396. The standard InChI is InChI=1S/C12H15N3O2.ClH/c1-14-6-11(16)15-7-9(12(13)17)8-4-2-3-5-10(8)15;/h2-5,9,14H,6-7H2,1H3,(H2,13,17);1H. The van der Waals surface area contributed by atoms with Crippen LogP contribution in [0.1, 0.15) is 11.5 Å². The average Bonchev–Trinajstić information content (AvgIpc) is 2.69. The van der Waals surface area contributed by atoms with E-state index in [1.54, 1.807) is 11.9 Å². The first-order valence-corrected chi connectivity index (χ1v) is 5.48. The van der Waals surface area contributed by atoms with E-state index in [1.165, 1.54) is 0 Å². The SMILES string of the molecule is CNCC(=O)N1CC(C(N)=O)c2ccccc21.Cl. The Hall–Kier alpha value is -1.59. The molecule has 0 bridgehead atoms. The van der Waals surface area contributed by atoms with Crippen LogP contribution < -0.4 is 16.0 Å². The number of likely N-dealkylation sites (N-methyl/N-ethyl adjacent to an activating group) is 1. The summed E-state index contributed by atoms with van der Waals surface area (Å²) in [5, 5.41) is 2.81. The predicted octanol–water partition coefficient (Wildman–Crippen LogP) is 0.243. The molecule has 1 atom stereocenters. The van der Waals surface area contributed by atoms with E-state index >= 15 is 0 Å². The third-order valence-electron chi connectivity index (χ3n) is 2.94. The molecular weight excluding hydrogens is 254 g/mol. The summed E-state index contributed by atoms with van der Waals surface area (Å²) < 4.78 is 0. The molecule has 5 nitrogen and oxygen atoms in total. The van der Waals surface area contributed by atoms with E-state index in [-0.39, 0.29) is 24.9 Å². The number of hydrogen-bond acceptors (Lipinski definition) is 3. The average molecular weight is 270 g/mol. The normalized spacial score (nSPS) is 16.9. The number of hydrogen-bond donors (Lipinski definition) is 2. The lowest BCUT2D eigenvalue weighted by atomic mass is 10.0. The van der Waals surface area contributed by atoms with Gasteiger partial charge in [0.15, 0.2) is 0 Å². The van der Waals surface area contributed by atoms with E-state index in [2.05, 4.69) is 5.32 Å². The number of anilines is 1. The number of carbonyl (C=O) groups is 2. The third-order valence-corrected chi connectivity index (χ3v) is 2.94. The van der Waals surface area contributed by atoms with Gasteiger partial charge in [0.1, 0.15) is 0 Å². The molecule has 0 saturated carbocycles. The molecule has 1 aromatic rings. The maximum atomic E-state index is 11.9. The van der Waals surface area contributed by atoms with Crippen LogP contribution in [0.15, 0.2) is 24.3 Å². The summed E-state index contributed by atoms with van der Waals surface area (Å²) in [6.45, 7) is 0.592. The number of primary amides is 1. The Morgan fingerprint density at radius 3 is 2.72 bits per heavy atom. The van der Waals surface area contributed by atoms with Crippen molar-refractivity contribution in [3.8, 4) is 0 Å². The first kappa shape index (κ1) is 14.5. The zero-order chi connectivity index (χ0) is 12.4. The molecule has 0 spiro atoms. The van der Waals surface area contributed by atoms with Gasteiger partial charge < -0.3 is 16.0 Å². The van der Waals surface area contributed by atoms with Crippen LogP contribution in [0.4, 0.5) is 5.69 Å². The Kier molecular flexibility index (Phi) is 4.69. The number of halogens is 1. The van der Waals surface area contributed by atoms with E-state index in [9.17, 15) is 9.59 Å². The van der Waals surface area contributed by atoms with Crippen LogP contribution in [0, 0.1) is 0 Å². The van der Waals surface area contributed by atoms with Gasteiger partial charge in [-0.25, -0.2) is 0 Å². The number of carbonyl (C=O) groups excluding carboxylic acids is 2. The maximum Gasteiger partial charge on any atom is 0.240 e. The van der Waals surface area contributed by atoms with Crippen molar-refractivity contribution in [2.75, 3.05) is 25.0 Å². The highest BCUT2D eigenvalue weighted by atomic mass is 35.5. The van der Waals surface area contributed by atoms with Gasteiger partial charge in [0.05, 0.1) is 12.5 Å². The van der Waals surface area contributed by atoms with Gasteiger partial charge in [-0.15, -0.1) is 12.4 Å². The molecule has 2 amide bonds. The van der Waals surface area contributed by atoms with Gasteiger partial charge in [0.25, 0.3) is 0 Å². The third kappa shape index (κ3) is 2.47. The van der Waals surface area contributed by atoms with Gasteiger partial charge in [0, 0.05) is 12.2 Å². The highest BCUT2D eigenvalue weighted by Gasteiger charge is 2.34. The molecule has 1 aromatic carbocycles. The van der Waals surface area contributed by atoms with Crippen molar-refractivity contribution in [1.82, 2.24) is 5.32 Å². The van der Waals surface area contributed by atoms with Crippen molar-refractivity contribution >= 4 is 29.9 Å². The van der Waals surface area contributed by atoms with Crippen LogP contribution in [0.3, 0.4) is 0 Å². The Labute approximate surface area is 112 Å². The van der Waals surface area contributed by atoms with Crippen LogP contribution >= 0.6 is 12.4 Å². The molecule has 0 radical (unpaired) electrons. The molecule has 0 saturated heterocycles. The highest BCUT2D eigenvalue weighted by molar-refractivity contribution is 6.00. The first-order chi connectivity index (χ1) is 8.15. The number of nitrogens with zero attached hydrogens (tertiary/aromatic N) is 1. The molecule has 0 aliphatic carbocycles. The first-order valence-electron chi connectivity index (χ1n) is 5.48. The van der Waals surface area contributed by atoms with E-state index in [1.807, 2.05) is 24.3 Å². The van der Waals surface area contributed by atoms with Gasteiger partial charge in [-0.3, -0.25) is 9.59 Å². The monoisotopic (exact) mass is 269 g/mol. The Balaban J connectivity index is 0.00000162. The molecule has 3 N–H and O–H groups in total. The van der Waals surface area contributed by atoms with Crippen LogP contribution in [-0.2, 0) is 9.59 Å². The van der Waals surface area contributed by atoms with E-state index in [0.29, 0.717) is 6.54 Å². The lowest BCUT2D eigenvalue weighted by Crippen LogP contribution is -2.37. The minimum Gasteiger partial charge on any atom is -0.369 e. The van der Waals surface area contributed by atoms with Crippen molar-refractivity contribution < 1.29 is 9.59 Å². The van der Waals surface area contributed by atoms with Crippen LogP contribution in [0.25, 0.3) is 0 Å². The molecule has 98 valence electrons. The molecular formula is C12H16ClN3O2. The molecule has 1 aliphatic rings. The minimum absolute atomic E-state index is 0. The van der Waals surface area contributed by atoms with Crippen LogP contribution in [0.5, 0.6) is 0 Å². The summed E-state index contributed by atoms with van der Waals surface area (Å²) in [6, 6.07) is 7.38. The summed E-state index contributed by atoms with van der Waals surface area (Å²) >= 11 is 0. The van der Waals surface area contributed by atoms with Gasteiger partial charge in [0.2, 0.25) is 11.8 Å². The number of fused-ring (bicyclic) bond motifs is 1. The topological polar surface area (TPSA) is 75.4 Å². The molecule has 1 aliphatic heterocycles. The molecule has 18 heavy (non-hydrogen) atoms. The van der Waals surface area contributed by atoms with Gasteiger partial charge >= 0.3 is 0 Å². The van der Waals surface area contributed by atoms with E-state index in [0.717, 1.165) is 11.3 Å². The fourth-order valence-corrected chi connectivity index (χ4v) is 2.13. The second kappa shape index (κ2) is 5.84. The Bertz CT molecular complexity index is 464. The molecule has 6 heteroatoms. The summed E-state index contributed by atoms with van der Waals surface area (Å²) in [7, 11) is 1.71.